The van der Waals surface area contributed by atoms with Crippen molar-refractivity contribution in [3.63, 3.8) is 0 Å². The van der Waals surface area contributed by atoms with Crippen LogP contribution in [0.1, 0.15) is 12.6 Å². The van der Waals surface area contributed by atoms with Crippen LogP contribution < -0.4 is 14.8 Å². The standard InChI is InChI=1S/C21H21ClN2O3S/c1-2-26-16-7-9-17(10-8-16)27-12-11-23-20(25)13-15-14-28-21(24-15)18-5-3-4-6-19(18)22/h3-10,14H,2,11-13H2,1H3,(H,23,25). The lowest BCUT2D eigenvalue weighted by molar-refractivity contribution is -0.120. The normalized spacial score (nSPS) is 10.5. The highest BCUT2D eigenvalue weighted by Gasteiger charge is 2.10. The van der Waals surface area contributed by atoms with Crippen LogP contribution in [0, 0.1) is 0 Å². The summed E-state index contributed by atoms with van der Waals surface area (Å²) in [4.78, 5) is 16.6. The number of amides is 1. The molecular weight excluding hydrogens is 396 g/mol. The van der Waals surface area contributed by atoms with E-state index in [4.69, 9.17) is 21.1 Å². The lowest BCUT2D eigenvalue weighted by atomic mass is 10.2. The van der Waals surface area contributed by atoms with Gasteiger partial charge in [0, 0.05) is 10.9 Å². The molecule has 0 atom stereocenters. The summed E-state index contributed by atoms with van der Waals surface area (Å²) in [5.41, 5.74) is 1.61. The number of rotatable bonds is 9. The van der Waals surface area contributed by atoms with E-state index in [1.807, 2.05) is 60.8 Å². The fourth-order valence-corrected chi connectivity index (χ4v) is 3.67. The van der Waals surface area contributed by atoms with E-state index < -0.39 is 0 Å². The minimum Gasteiger partial charge on any atom is -0.494 e. The van der Waals surface area contributed by atoms with Crippen molar-refractivity contribution in [2.24, 2.45) is 0 Å². The number of benzene rings is 2. The summed E-state index contributed by atoms with van der Waals surface area (Å²) in [6.07, 6.45) is 0.226. The lowest BCUT2D eigenvalue weighted by Crippen LogP contribution is -2.29. The average molecular weight is 417 g/mol. The van der Waals surface area contributed by atoms with Gasteiger partial charge in [-0.1, -0.05) is 29.8 Å². The number of carbonyl (C=O) groups is 1. The molecule has 2 aromatic carbocycles. The molecule has 0 radical (unpaired) electrons. The molecule has 0 unspecified atom stereocenters. The summed E-state index contributed by atoms with van der Waals surface area (Å²) in [5, 5.41) is 6.19. The minimum absolute atomic E-state index is 0.0914. The first-order chi connectivity index (χ1) is 13.7. The first-order valence-electron chi connectivity index (χ1n) is 8.97. The zero-order valence-electron chi connectivity index (χ0n) is 15.5. The van der Waals surface area contributed by atoms with Gasteiger partial charge in [0.1, 0.15) is 23.1 Å². The molecule has 0 fully saturated rings. The van der Waals surface area contributed by atoms with E-state index in [9.17, 15) is 4.79 Å². The molecule has 28 heavy (non-hydrogen) atoms. The fraction of sp³-hybridized carbons (Fsp3) is 0.238. The Hall–Kier alpha value is -2.57. The van der Waals surface area contributed by atoms with Gasteiger partial charge in [-0.2, -0.15) is 0 Å². The number of hydrogen-bond donors (Lipinski definition) is 1. The van der Waals surface area contributed by atoms with E-state index in [0.29, 0.717) is 24.8 Å². The van der Waals surface area contributed by atoms with Crippen LogP contribution in [0.3, 0.4) is 0 Å². The summed E-state index contributed by atoms with van der Waals surface area (Å²) in [6.45, 7) is 3.39. The largest absolute Gasteiger partial charge is 0.494 e. The molecule has 3 rings (SSSR count). The molecule has 0 saturated heterocycles. The second-order valence-electron chi connectivity index (χ2n) is 5.90. The Bertz CT molecular complexity index is 912. The number of carbonyl (C=O) groups excluding carboxylic acids is 1. The molecule has 0 bridgehead atoms. The molecule has 0 aliphatic heterocycles. The summed E-state index contributed by atoms with van der Waals surface area (Å²) in [6, 6.07) is 14.9. The van der Waals surface area contributed by atoms with Crippen molar-refractivity contribution in [2.45, 2.75) is 13.3 Å². The number of hydrogen-bond acceptors (Lipinski definition) is 5. The molecule has 1 N–H and O–H groups in total. The van der Waals surface area contributed by atoms with E-state index in [1.165, 1.54) is 11.3 Å². The number of nitrogens with zero attached hydrogens (tertiary/aromatic N) is 1. The van der Waals surface area contributed by atoms with Gasteiger partial charge in [-0.05, 0) is 37.3 Å². The molecular formula is C21H21ClN2O3S. The van der Waals surface area contributed by atoms with Gasteiger partial charge in [-0.3, -0.25) is 4.79 Å². The molecule has 0 saturated carbocycles. The van der Waals surface area contributed by atoms with E-state index in [-0.39, 0.29) is 12.3 Å². The van der Waals surface area contributed by atoms with Gasteiger partial charge in [-0.25, -0.2) is 4.98 Å². The number of aromatic nitrogens is 1. The average Bonchev–Trinajstić information content (AvgIpc) is 3.15. The van der Waals surface area contributed by atoms with Crippen molar-refractivity contribution in [3.05, 3.63) is 64.6 Å². The van der Waals surface area contributed by atoms with Crippen LogP contribution in [0.25, 0.3) is 10.6 Å². The van der Waals surface area contributed by atoms with Gasteiger partial charge < -0.3 is 14.8 Å². The number of nitrogens with one attached hydrogen (secondary N) is 1. The second kappa shape index (κ2) is 10.1. The first kappa shape index (κ1) is 20.2. The van der Waals surface area contributed by atoms with Crippen molar-refractivity contribution in [1.82, 2.24) is 10.3 Å². The Labute approximate surface area is 173 Å². The first-order valence-corrected chi connectivity index (χ1v) is 10.2. The monoisotopic (exact) mass is 416 g/mol. The highest BCUT2D eigenvalue weighted by atomic mass is 35.5. The van der Waals surface area contributed by atoms with E-state index in [0.717, 1.165) is 27.8 Å². The van der Waals surface area contributed by atoms with Crippen molar-refractivity contribution in [2.75, 3.05) is 19.8 Å². The summed E-state index contributed by atoms with van der Waals surface area (Å²) in [5.74, 6) is 1.45. The van der Waals surface area contributed by atoms with E-state index in [1.54, 1.807) is 0 Å². The van der Waals surface area contributed by atoms with E-state index >= 15 is 0 Å². The quantitative estimate of drug-likeness (QED) is 0.518. The molecule has 0 aliphatic rings. The molecule has 1 amide bonds. The zero-order valence-corrected chi connectivity index (χ0v) is 17.1. The molecule has 5 nitrogen and oxygen atoms in total. The molecule has 7 heteroatoms. The van der Waals surface area contributed by atoms with Crippen molar-refractivity contribution < 1.29 is 14.3 Å². The molecule has 1 aromatic heterocycles. The summed E-state index contributed by atoms with van der Waals surface area (Å²) < 4.78 is 11.0. The maximum absolute atomic E-state index is 12.1. The Morgan fingerprint density at radius 1 is 1.11 bits per heavy atom. The number of halogens is 1. The Morgan fingerprint density at radius 2 is 1.82 bits per heavy atom. The van der Waals surface area contributed by atoms with Crippen LogP contribution in [0.2, 0.25) is 5.02 Å². The molecule has 146 valence electrons. The molecule has 3 aromatic rings. The third-order valence-corrected chi connectivity index (χ3v) is 5.08. The summed E-state index contributed by atoms with van der Waals surface area (Å²) in [7, 11) is 0. The van der Waals surface area contributed by atoms with Crippen molar-refractivity contribution in [3.8, 4) is 22.1 Å². The maximum Gasteiger partial charge on any atom is 0.226 e. The topological polar surface area (TPSA) is 60.5 Å². The SMILES string of the molecule is CCOc1ccc(OCCNC(=O)Cc2csc(-c3ccccc3Cl)n2)cc1. The van der Waals surface area contributed by atoms with Crippen molar-refractivity contribution in [1.29, 1.82) is 0 Å². The van der Waals surface area contributed by atoms with Crippen LogP contribution in [0.5, 0.6) is 11.5 Å². The van der Waals surface area contributed by atoms with Gasteiger partial charge in [0.05, 0.1) is 30.3 Å². The number of ether oxygens (including phenoxy) is 2. The fourth-order valence-electron chi connectivity index (χ4n) is 2.53. The zero-order chi connectivity index (χ0) is 19.8. The van der Waals surface area contributed by atoms with E-state index in [2.05, 4.69) is 10.3 Å². The van der Waals surface area contributed by atoms with Gasteiger partial charge >= 0.3 is 0 Å². The predicted molar refractivity (Wildman–Crippen MR) is 112 cm³/mol. The van der Waals surface area contributed by atoms with Gasteiger partial charge in [0.2, 0.25) is 5.91 Å². The lowest BCUT2D eigenvalue weighted by Gasteiger charge is -2.08. The maximum atomic E-state index is 12.1. The predicted octanol–water partition coefficient (Wildman–Crippen LogP) is 4.60. The number of thiazole rings is 1. The Balaban J connectivity index is 1.42. The van der Waals surface area contributed by atoms with Gasteiger partial charge in [-0.15, -0.1) is 11.3 Å². The van der Waals surface area contributed by atoms with Gasteiger partial charge in [0.25, 0.3) is 0 Å². The van der Waals surface area contributed by atoms with Crippen LogP contribution in [-0.4, -0.2) is 30.6 Å². The van der Waals surface area contributed by atoms with Crippen LogP contribution in [0.4, 0.5) is 0 Å². The Kier molecular flexibility index (Phi) is 7.28. The summed E-state index contributed by atoms with van der Waals surface area (Å²) >= 11 is 7.68. The third-order valence-electron chi connectivity index (χ3n) is 3.83. The Morgan fingerprint density at radius 3 is 2.54 bits per heavy atom. The minimum atomic E-state index is -0.0914. The molecule has 0 spiro atoms. The highest BCUT2D eigenvalue weighted by Crippen LogP contribution is 2.30. The van der Waals surface area contributed by atoms with Gasteiger partial charge in [0.15, 0.2) is 0 Å². The second-order valence-corrected chi connectivity index (χ2v) is 7.17. The van der Waals surface area contributed by atoms with Crippen LogP contribution >= 0.6 is 22.9 Å². The molecule has 1 heterocycles. The van der Waals surface area contributed by atoms with Crippen molar-refractivity contribution >= 4 is 28.8 Å². The molecule has 0 aliphatic carbocycles. The highest BCUT2D eigenvalue weighted by molar-refractivity contribution is 7.13. The third kappa shape index (κ3) is 5.71. The van der Waals surface area contributed by atoms with Crippen LogP contribution in [0.15, 0.2) is 53.9 Å². The smallest absolute Gasteiger partial charge is 0.226 e. The van der Waals surface area contributed by atoms with Crippen LogP contribution in [-0.2, 0) is 11.2 Å².